The van der Waals surface area contributed by atoms with Gasteiger partial charge in [-0.1, -0.05) is 68.4 Å². The van der Waals surface area contributed by atoms with Crippen LogP contribution < -0.4 is 0 Å². The predicted molar refractivity (Wildman–Crippen MR) is 99.2 cm³/mol. The summed E-state index contributed by atoms with van der Waals surface area (Å²) in [6.07, 6.45) is 1.57. The largest absolute Gasteiger partial charge is 0.293 e. The highest BCUT2D eigenvalue weighted by molar-refractivity contribution is 6.29. The molecule has 2 aromatic carbocycles. The van der Waals surface area contributed by atoms with Crippen LogP contribution in [0.5, 0.6) is 0 Å². The van der Waals surface area contributed by atoms with Crippen molar-refractivity contribution < 1.29 is 9.59 Å². The van der Waals surface area contributed by atoms with E-state index in [9.17, 15) is 9.59 Å². The van der Waals surface area contributed by atoms with E-state index >= 15 is 0 Å². The third kappa shape index (κ3) is 2.03. The van der Waals surface area contributed by atoms with E-state index in [0.29, 0.717) is 11.1 Å². The molecular weight excluding hydrogens is 308 g/mol. The summed E-state index contributed by atoms with van der Waals surface area (Å²) in [5.41, 5.74) is 4.17. The van der Waals surface area contributed by atoms with Crippen molar-refractivity contribution >= 4 is 17.1 Å². The topological polar surface area (TPSA) is 34.1 Å². The van der Waals surface area contributed by atoms with E-state index in [1.54, 1.807) is 6.08 Å². The van der Waals surface area contributed by atoms with Crippen LogP contribution in [0.15, 0.2) is 71.8 Å². The van der Waals surface area contributed by atoms with E-state index < -0.39 is 5.41 Å². The average molecular weight is 328 g/mol. The zero-order valence-electron chi connectivity index (χ0n) is 14.7. The molecule has 0 spiro atoms. The third-order valence-corrected chi connectivity index (χ3v) is 5.44. The van der Waals surface area contributed by atoms with Gasteiger partial charge in [0, 0.05) is 11.1 Å². The van der Waals surface area contributed by atoms with Crippen LogP contribution in [0.3, 0.4) is 0 Å². The van der Waals surface area contributed by atoms with Gasteiger partial charge in [0.25, 0.3) is 0 Å². The number of carbonyl (C=O) groups excluding carboxylic acids is 2. The first kappa shape index (κ1) is 15.8. The van der Waals surface area contributed by atoms with E-state index in [1.807, 2.05) is 75.4 Å². The Kier molecular flexibility index (Phi) is 3.40. The fourth-order valence-corrected chi connectivity index (χ4v) is 4.08. The lowest BCUT2D eigenvalue weighted by molar-refractivity contribution is -0.122. The Labute approximate surface area is 147 Å². The summed E-state index contributed by atoms with van der Waals surface area (Å²) in [6.45, 7) is 5.82. The molecule has 0 saturated carbocycles. The molecule has 0 bridgehead atoms. The second-order valence-electron chi connectivity index (χ2n) is 7.23. The Morgan fingerprint density at radius 1 is 0.880 bits per heavy atom. The van der Waals surface area contributed by atoms with Crippen LogP contribution in [-0.4, -0.2) is 11.6 Å². The maximum atomic E-state index is 13.4. The molecule has 0 fully saturated rings. The number of carbonyl (C=O) groups is 2. The van der Waals surface area contributed by atoms with Gasteiger partial charge in [-0.25, -0.2) is 0 Å². The first-order valence-corrected chi connectivity index (χ1v) is 8.67. The Bertz CT molecular complexity index is 961. The van der Waals surface area contributed by atoms with Crippen LogP contribution in [0.1, 0.15) is 37.5 Å². The standard InChI is InChI=1S/C23H20O2/c1-14(2)17-13-19(24)23(3)18-12-8-7-11-16(18)20(21(23)22(17)25)15-9-5-4-6-10-15/h4-14H,1-3H3. The first-order valence-electron chi connectivity index (χ1n) is 8.67. The van der Waals surface area contributed by atoms with Crippen molar-refractivity contribution in [1.82, 2.24) is 0 Å². The zero-order chi connectivity index (χ0) is 17.8. The van der Waals surface area contributed by atoms with Crippen LogP contribution in [0.2, 0.25) is 0 Å². The van der Waals surface area contributed by atoms with E-state index in [-0.39, 0.29) is 17.5 Å². The highest BCUT2D eigenvalue weighted by Gasteiger charge is 2.52. The van der Waals surface area contributed by atoms with Crippen molar-refractivity contribution in [2.24, 2.45) is 5.92 Å². The predicted octanol–water partition coefficient (Wildman–Crippen LogP) is 4.49. The first-order chi connectivity index (χ1) is 12.0. The van der Waals surface area contributed by atoms with Crippen molar-refractivity contribution in [3.8, 4) is 0 Å². The fraction of sp³-hybridized carbons (Fsp3) is 0.217. The molecule has 0 N–H and O–H groups in total. The number of ketones is 2. The molecule has 0 radical (unpaired) electrons. The van der Waals surface area contributed by atoms with E-state index in [0.717, 1.165) is 22.3 Å². The van der Waals surface area contributed by atoms with Gasteiger partial charge in [0.15, 0.2) is 11.6 Å². The highest BCUT2D eigenvalue weighted by Crippen LogP contribution is 2.52. The van der Waals surface area contributed by atoms with Crippen LogP contribution in [0.4, 0.5) is 0 Å². The molecular formula is C23H20O2. The number of Topliss-reactive ketones (excluding diaryl/α,β-unsaturated/α-hetero) is 1. The van der Waals surface area contributed by atoms with Crippen molar-refractivity contribution in [2.45, 2.75) is 26.2 Å². The molecule has 0 amide bonds. The quantitative estimate of drug-likeness (QED) is 0.814. The lowest BCUT2D eigenvalue weighted by Crippen LogP contribution is -2.40. The van der Waals surface area contributed by atoms with Gasteiger partial charge in [-0.15, -0.1) is 0 Å². The normalized spacial score (nSPS) is 22.2. The van der Waals surface area contributed by atoms with Gasteiger partial charge in [0.05, 0.1) is 5.41 Å². The van der Waals surface area contributed by atoms with E-state index in [1.165, 1.54) is 0 Å². The maximum absolute atomic E-state index is 13.4. The molecule has 0 heterocycles. The monoisotopic (exact) mass is 328 g/mol. The molecule has 0 aromatic heterocycles. The summed E-state index contributed by atoms with van der Waals surface area (Å²) in [7, 11) is 0. The summed E-state index contributed by atoms with van der Waals surface area (Å²) < 4.78 is 0. The Morgan fingerprint density at radius 3 is 2.20 bits per heavy atom. The molecule has 124 valence electrons. The van der Waals surface area contributed by atoms with Crippen molar-refractivity contribution in [3.63, 3.8) is 0 Å². The third-order valence-electron chi connectivity index (χ3n) is 5.44. The molecule has 1 unspecified atom stereocenters. The summed E-state index contributed by atoms with van der Waals surface area (Å²) in [5.74, 6) is 0.0329. The summed E-state index contributed by atoms with van der Waals surface area (Å²) in [6, 6.07) is 17.8. The Morgan fingerprint density at radius 2 is 1.52 bits per heavy atom. The smallest absolute Gasteiger partial charge is 0.187 e. The lowest BCUT2D eigenvalue weighted by atomic mass is 9.67. The molecule has 0 saturated heterocycles. The summed E-state index contributed by atoms with van der Waals surface area (Å²) >= 11 is 0. The number of hydrogen-bond acceptors (Lipinski definition) is 2. The molecule has 2 aliphatic carbocycles. The van der Waals surface area contributed by atoms with Crippen LogP contribution >= 0.6 is 0 Å². The summed E-state index contributed by atoms with van der Waals surface area (Å²) in [4.78, 5) is 26.5. The number of rotatable bonds is 2. The SMILES string of the molecule is CC(C)C1=CC(=O)C2(C)C(=C(c3ccccc3)c3ccccc32)C1=O. The molecule has 2 nitrogen and oxygen atoms in total. The fourth-order valence-electron chi connectivity index (χ4n) is 4.08. The minimum absolute atomic E-state index is 0.00387. The molecule has 1 atom stereocenters. The number of benzene rings is 2. The van der Waals surface area contributed by atoms with E-state index in [2.05, 4.69) is 0 Å². The number of allylic oxidation sites excluding steroid dienone is 3. The van der Waals surface area contributed by atoms with E-state index in [4.69, 9.17) is 0 Å². The van der Waals surface area contributed by atoms with Gasteiger partial charge in [0.2, 0.25) is 0 Å². The molecule has 4 rings (SSSR count). The zero-order valence-corrected chi connectivity index (χ0v) is 14.7. The Hall–Kier alpha value is -2.74. The minimum atomic E-state index is -0.892. The molecule has 2 aliphatic rings. The lowest BCUT2D eigenvalue weighted by Gasteiger charge is -2.31. The van der Waals surface area contributed by atoms with Crippen LogP contribution in [0.25, 0.3) is 5.57 Å². The molecule has 25 heavy (non-hydrogen) atoms. The second kappa shape index (κ2) is 5.38. The van der Waals surface area contributed by atoms with Gasteiger partial charge in [-0.3, -0.25) is 9.59 Å². The minimum Gasteiger partial charge on any atom is -0.293 e. The van der Waals surface area contributed by atoms with Gasteiger partial charge in [0.1, 0.15) is 0 Å². The van der Waals surface area contributed by atoms with Crippen LogP contribution in [0, 0.1) is 5.92 Å². The van der Waals surface area contributed by atoms with Gasteiger partial charge in [-0.2, -0.15) is 0 Å². The molecule has 0 aliphatic heterocycles. The van der Waals surface area contributed by atoms with Crippen molar-refractivity contribution in [1.29, 1.82) is 0 Å². The van der Waals surface area contributed by atoms with Gasteiger partial charge < -0.3 is 0 Å². The number of fused-ring (bicyclic) bond motifs is 3. The van der Waals surface area contributed by atoms with Crippen molar-refractivity contribution in [3.05, 3.63) is 88.5 Å². The summed E-state index contributed by atoms with van der Waals surface area (Å²) in [5, 5.41) is 0. The molecule has 2 heteroatoms. The van der Waals surface area contributed by atoms with Crippen LogP contribution in [-0.2, 0) is 15.0 Å². The maximum Gasteiger partial charge on any atom is 0.187 e. The highest BCUT2D eigenvalue weighted by atomic mass is 16.1. The number of hydrogen-bond donors (Lipinski definition) is 0. The van der Waals surface area contributed by atoms with Gasteiger partial charge >= 0.3 is 0 Å². The average Bonchev–Trinajstić information content (AvgIpc) is 2.90. The van der Waals surface area contributed by atoms with Crippen molar-refractivity contribution in [2.75, 3.05) is 0 Å². The van der Waals surface area contributed by atoms with Gasteiger partial charge in [-0.05, 0) is 41.2 Å². The second-order valence-corrected chi connectivity index (χ2v) is 7.23. The molecule has 2 aromatic rings. The Balaban J connectivity index is 2.11.